The molecule has 0 fully saturated rings. The molecule has 25 heavy (non-hydrogen) atoms. The van der Waals surface area contributed by atoms with E-state index in [9.17, 15) is 4.79 Å². The summed E-state index contributed by atoms with van der Waals surface area (Å²) in [4.78, 5) is 24.2. The van der Waals surface area contributed by atoms with Crippen molar-refractivity contribution < 1.29 is 4.79 Å². The number of anilines is 1. The first-order valence-corrected chi connectivity index (χ1v) is 7.86. The van der Waals surface area contributed by atoms with E-state index < -0.39 is 0 Å². The Hall–Kier alpha value is -3.48. The molecule has 0 aliphatic heterocycles. The highest BCUT2D eigenvalue weighted by atomic mass is 16.1. The van der Waals surface area contributed by atoms with Crippen LogP contribution in [0.5, 0.6) is 0 Å². The average Bonchev–Trinajstić information content (AvgIpc) is 3.21. The molecule has 0 bridgehead atoms. The number of pyridine rings is 1. The van der Waals surface area contributed by atoms with Crippen molar-refractivity contribution >= 4 is 22.8 Å². The van der Waals surface area contributed by atoms with E-state index in [0.29, 0.717) is 17.1 Å². The van der Waals surface area contributed by atoms with Crippen LogP contribution in [0.15, 0.2) is 42.6 Å². The first kappa shape index (κ1) is 15.1. The van der Waals surface area contributed by atoms with E-state index in [4.69, 9.17) is 0 Å². The second-order valence-corrected chi connectivity index (χ2v) is 5.81. The minimum absolute atomic E-state index is 0.215. The van der Waals surface area contributed by atoms with Gasteiger partial charge in [0.25, 0.3) is 5.91 Å². The van der Waals surface area contributed by atoms with Crippen molar-refractivity contribution in [2.75, 3.05) is 5.32 Å². The Bertz CT molecular complexity index is 1060. The zero-order valence-corrected chi connectivity index (χ0v) is 13.8. The SMILES string of the molecule is Cc1[nH]c2ccc(C(=O)Nc3n[nH]c(-c4ccccn4)n3)cc2c1C. The molecule has 0 saturated carbocycles. The van der Waals surface area contributed by atoms with Gasteiger partial charge in [0.1, 0.15) is 5.69 Å². The molecule has 7 heteroatoms. The van der Waals surface area contributed by atoms with Gasteiger partial charge in [0.05, 0.1) is 0 Å². The van der Waals surface area contributed by atoms with E-state index in [0.717, 1.165) is 22.2 Å². The fourth-order valence-corrected chi connectivity index (χ4v) is 2.71. The molecule has 1 amide bonds. The van der Waals surface area contributed by atoms with Crippen molar-refractivity contribution in [3.63, 3.8) is 0 Å². The monoisotopic (exact) mass is 332 g/mol. The van der Waals surface area contributed by atoms with E-state index in [1.807, 2.05) is 44.2 Å². The first-order chi connectivity index (χ1) is 12.1. The van der Waals surface area contributed by atoms with E-state index in [1.165, 1.54) is 0 Å². The van der Waals surface area contributed by atoms with Gasteiger partial charge in [0.15, 0.2) is 5.82 Å². The van der Waals surface area contributed by atoms with E-state index >= 15 is 0 Å². The Morgan fingerprint density at radius 2 is 2.04 bits per heavy atom. The van der Waals surface area contributed by atoms with Crippen molar-refractivity contribution in [3.8, 4) is 11.5 Å². The van der Waals surface area contributed by atoms with Crippen molar-refractivity contribution in [1.29, 1.82) is 0 Å². The number of aromatic nitrogens is 5. The lowest BCUT2D eigenvalue weighted by Gasteiger charge is -2.02. The maximum atomic E-state index is 12.5. The van der Waals surface area contributed by atoms with Gasteiger partial charge in [-0.15, -0.1) is 5.10 Å². The Kier molecular flexibility index (Phi) is 3.53. The summed E-state index contributed by atoms with van der Waals surface area (Å²) < 4.78 is 0. The number of nitrogens with one attached hydrogen (secondary N) is 3. The largest absolute Gasteiger partial charge is 0.358 e. The number of nitrogens with zero attached hydrogens (tertiary/aromatic N) is 3. The molecular weight excluding hydrogens is 316 g/mol. The van der Waals surface area contributed by atoms with Crippen LogP contribution in [0, 0.1) is 13.8 Å². The lowest BCUT2D eigenvalue weighted by Crippen LogP contribution is -2.12. The van der Waals surface area contributed by atoms with Crippen LogP contribution in [-0.2, 0) is 0 Å². The molecule has 0 spiro atoms. The van der Waals surface area contributed by atoms with Crippen LogP contribution in [0.25, 0.3) is 22.4 Å². The van der Waals surface area contributed by atoms with E-state index in [-0.39, 0.29) is 11.9 Å². The number of carbonyl (C=O) groups excluding carboxylic acids is 1. The second-order valence-electron chi connectivity index (χ2n) is 5.81. The van der Waals surface area contributed by atoms with Gasteiger partial charge in [-0.05, 0) is 49.7 Å². The predicted octanol–water partition coefficient (Wildman–Crippen LogP) is 3.22. The molecule has 0 atom stereocenters. The number of aryl methyl sites for hydroxylation is 2. The van der Waals surface area contributed by atoms with Gasteiger partial charge >= 0.3 is 0 Å². The highest BCUT2D eigenvalue weighted by molar-refractivity contribution is 6.05. The number of amides is 1. The molecule has 0 aliphatic carbocycles. The van der Waals surface area contributed by atoms with Crippen LogP contribution in [-0.4, -0.2) is 31.1 Å². The Balaban J connectivity index is 1.58. The summed E-state index contributed by atoms with van der Waals surface area (Å²) in [6, 6.07) is 11.1. The summed E-state index contributed by atoms with van der Waals surface area (Å²) in [5.41, 5.74) is 4.47. The van der Waals surface area contributed by atoms with Crippen molar-refractivity contribution in [1.82, 2.24) is 25.1 Å². The number of hydrogen-bond donors (Lipinski definition) is 3. The summed E-state index contributed by atoms with van der Waals surface area (Å²) >= 11 is 0. The van der Waals surface area contributed by atoms with Gasteiger partial charge < -0.3 is 4.98 Å². The minimum Gasteiger partial charge on any atom is -0.358 e. The Morgan fingerprint density at radius 3 is 2.84 bits per heavy atom. The molecule has 0 aliphatic rings. The second kappa shape index (κ2) is 5.86. The van der Waals surface area contributed by atoms with Gasteiger partial charge in [-0.25, -0.2) is 0 Å². The first-order valence-electron chi connectivity index (χ1n) is 7.86. The van der Waals surface area contributed by atoms with Gasteiger partial charge in [-0.3, -0.25) is 20.2 Å². The molecule has 7 nitrogen and oxygen atoms in total. The number of fused-ring (bicyclic) bond motifs is 1. The molecule has 3 N–H and O–H groups in total. The Labute approximate surface area is 143 Å². The number of carbonyl (C=O) groups is 1. The molecule has 3 heterocycles. The van der Waals surface area contributed by atoms with Crippen LogP contribution >= 0.6 is 0 Å². The predicted molar refractivity (Wildman–Crippen MR) is 95.3 cm³/mol. The highest BCUT2D eigenvalue weighted by Gasteiger charge is 2.13. The summed E-state index contributed by atoms with van der Waals surface area (Å²) in [6.45, 7) is 4.05. The van der Waals surface area contributed by atoms with Gasteiger partial charge in [0.2, 0.25) is 5.95 Å². The van der Waals surface area contributed by atoms with Crippen molar-refractivity contribution in [2.24, 2.45) is 0 Å². The zero-order valence-electron chi connectivity index (χ0n) is 13.8. The number of benzene rings is 1. The Morgan fingerprint density at radius 1 is 1.16 bits per heavy atom. The fourth-order valence-electron chi connectivity index (χ4n) is 2.71. The molecule has 124 valence electrons. The third-order valence-corrected chi connectivity index (χ3v) is 4.19. The molecule has 0 unspecified atom stereocenters. The molecular formula is C18H16N6O. The molecule has 3 aromatic heterocycles. The van der Waals surface area contributed by atoms with E-state index in [1.54, 1.807) is 12.3 Å². The highest BCUT2D eigenvalue weighted by Crippen LogP contribution is 2.22. The molecule has 0 saturated heterocycles. The van der Waals surface area contributed by atoms with Crippen LogP contribution in [0.4, 0.5) is 5.95 Å². The summed E-state index contributed by atoms with van der Waals surface area (Å²) in [5, 5.41) is 10.6. The molecule has 1 aromatic carbocycles. The lowest BCUT2D eigenvalue weighted by atomic mass is 10.1. The number of hydrogen-bond acceptors (Lipinski definition) is 4. The van der Waals surface area contributed by atoms with Crippen molar-refractivity contribution in [3.05, 3.63) is 59.4 Å². The maximum Gasteiger partial charge on any atom is 0.258 e. The normalized spacial score (nSPS) is 11.0. The average molecular weight is 332 g/mol. The zero-order chi connectivity index (χ0) is 17.4. The van der Waals surface area contributed by atoms with E-state index in [2.05, 4.69) is 30.5 Å². The third kappa shape index (κ3) is 2.76. The minimum atomic E-state index is -0.258. The third-order valence-electron chi connectivity index (χ3n) is 4.19. The fraction of sp³-hybridized carbons (Fsp3) is 0.111. The van der Waals surface area contributed by atoms with Crippen LogP contribution in [0.3, 0.4) is 0 Å². The van der Waals surface area contributed by atoms with Crippen LogP contribution in [0.1, 0.15) is 21.6 Å². The summed E-state index contributed by atoms with van der Waals surface area (Å²) in [5.74, 6) is 0.461. The van der Waals surface area contributed by atoms with Gasteiger partial charge in [0, 0.05) is 28.4 Å². The summed E-state index contributed by atoms with van der Waals surface area (Å²) in [7, 11) is 0. The lowest BCUT2D eigenvalue weighted by molar-refractivity contribution is 0.102. The topological polar surface area (TPSA) is 99.3 Å². The molecule has 4 rings (SSSR count). The standard InChI is InChI=1S/C18H16N6O/c1-10-11(2)20-14-7-6-12(9-13(10)14)17(25)22-18-21-16(23-24-18)15-5-3-4-8-19-15/h3-9,20H,1-2H3,(H2,21,22,23,24,25). The number of rotatable bonds is 3. The quantitative estimate of drug-likeness (QED) is 0.536. The maximum absolute atomic E-state index is 12.5. The van der Waals surface area contributed by atoms with Crippen LogP contribution < -0.4 is 5.32 Å². The van der Waals surface area contributed by atoms with Gasteiger partial charge in [-0.1, -0.05) is 6.07 Å². The van der Waals surface area contributed by atoms with Crippen molar-refractivity contribution in [2.45, 2.75) is 13.8 Å². The molecule has 0 radical (unpaired) electrons. The van der Waals surface area contributed by atoms with Crippen LogP contribution in [0.2, 0.25) is 0 Å². The number of aromatic amines is 2. The summed E-state index contributed by atoms with van der Waals surface area (Å²) in [6.07, 6.45) is 1.67. The molecule has 4 aromatic rings. The van der Waals surface area contributed by atoms with Gasteiger partial charge in [-0.2, -0.15) is 4.98 Å². The number of H-pyrrole nitrogens is 2. The smallest absolute Gasteiger partial charge is 0.258 e.